The van der Waals surface area contributed by atoms with E-state index in [-0.39, 0.29) is 10.0 Å². The van der Waals surface area contributed by atoms with Crippen molar-refractivity contribution in [2.45, 2.75) is 0 Å². The normalized spacial score (nSPS) is 11.0. The Hall–Kier alpha value is -1.30. The molecule has 0 saturated heterocycles. The van der Waals surface area contributed by atoms with Crippen LogP contribution < -0.4 is 9.78 Å². The number of hydrogen-bond donors (Lipinski definition) is 3. The number of rotatable bonds is 3. The number of nitrogens with one attached hydrogen (secondary N) is 1. The van der Waals surface area contributed by atoms with Gasteiger partial charge in [-0.1, -0.05) is 0 Å². The van der Waals surface area contributed by atoms with E-state index in [1.54, 1.807) is 0 Å². The van der Waals surface area contributed by atoms with Crippen LogP contribution in [0.15, 0.2) is 24.3 Å². The van der Waals surface area contributed by atoms with Gasteiger partial charge in [0.2, 0.25) is 0 Å². The number of hydrazine groups is 1. The Morgan fingerprint density at radius 2 is 1.79 bits per heavy atom. The van der Waals surface area contributed by atoms with Crippen LogP contribution in [0.5, 0.6) is 0 Å². The zero-order chi connectivity index (χ0) is 10.8. The molecule has 0 aliphatic rings. The van der Waals surface area contributed by atoms with E-state index in [1.165, 1.54) is 12.1 Å². The zero-order valence-electron chi connectivity index (χ0n) is 6.82. The molecule has 14 heavy (non-hydrogen) atoms. The first-order chi connectivity index (χ1) is 6.39. The van der Waals surface area contributed by atoms with Gasteiger partial charge in [0.15, 0.2) is 0 Å². The summed E-state index contributed by atoms with van der Waals surface area (Å²) in [7, 11) is 0. The van der Waals surface area contributed by atoms with Gasteiger partial charge in [-0.15, -0.1) is 0 Å². The third kappa shape index (κ3) is 2.88. The molecule has 0 amide bonds. The Bertz CT molecular complexity index is 384. The van der Waals surface area contributed by atoms with E-state index in [1.807, 2.05) is 5.43 Å². The molecule has 0 atom stereocenters. The Labute approximate surface area is 81.5 Å². The molecule has 0 radical (unpaired) electrons. The Morgan fingerprint density at radius 1 is 1.29 bits per heavy atom. The second-order valence-electron chi connectivity index (χ2n) is 2.46. The van der Waals surface area contributed by atoms with Gasteiger partial charge in [0.1, 0.15) is 0 Å². The van der Waals surface area contributed by atoms with Crippen molar-refractivity contribution in [2.75, 3.05) is 5.43 Å². The number of nitro groups is 1. The van der Waals surface area contributed by atoms with Crippen molar-refractivity contribution in [3.63, 3.8) is 0 Å². The van der Waals surface area contributed by atoms with Gasteiger partial charge in [0.05, 0.1) is 0 Å². The molecule has 0 heterocycles. The van der Waals surface area contributed by atoms with Crippen molar-refractivity contribution in [1.82, 2.24) is 0 Å². The summed E-state index contributed by atoms with van der Waals surface area (Å²) in [5.74, 6) is 0. The van der Waals surface area contributed by atoms with Crippen molar-refractivity contribution in [1.29, 1.82) is 0 Å². The first-order valence-electron chi connectivity index (χ1n) is 3.47. The zero-order valence-corrected chi connectivity index (χ0v) is 8.70. The fraction of sp³-hybridized carbons (Fsp3) is 0. The van der Waals surface area contributed by atoms with Crippen LogP contribution in [0, 0.1) is 10.1 Å². The molecule has 0 bridgehead atoms. The van der Waals surface area contributed by atoms with E-state index in [9.17, 15) is 13.9 Å². The molecule has 0 aliphatic heterocycles. The van der Waals surface area contributed by atoms with Gasteiger partial charge >= 0.3 is 81.0 Å². The van der Waals surface area contributed by atoms with Gasteiger partial charge in [0.25, 0.3) is 0 Å². The van der Waals surface area contributed by atoms with E-state index in [0.717, 1.165) is 12.1 Å². The Kier molecular flexibility index (Phi) is 2.95. The van der Waals surface area contributed by atoms with E-state index in [0.29, 0.717) is 0 Å². The van der Waals surface area contributed by atoms with E-state index < -0.39 is 19.2 Å². The van der Waals surface area contributed by atoms with Gasteiger partial charge in [0, 0.05) is 0 Å². The molecular weight excluding hydrogens is 255 g/mol. The van der Waals surface area contributed by atoms with Gasteiger partial charge in [-0.05, 0) is 0 Å². The van der Waals surface area contributed by atoms with Crippen LogP contribution in [0.4, 0.5) is 5.69 Å². The van der Waals surface area contributed by atoms with Crippen LogP contribution in [0.2, 0.25) is 0 Å². The summed E-state index contributed by atoms with van der Waals surface area (Å²) in [6, 6.07) is 4.79. The predicted molar refractivity (Wildman–Crippen MR) is 47.6 cm³/mol. The van der Waals surface area contributed by atoms with Crippen LogP contribution in [-0.4, -0.2) is 27.4 Å². The minimum absolute atomic E-state index is 0.114. The molecule has 7 nitrogen and oxygen atoms in total. The summed E-state index contributed by atoms with van der Waals surface area (Å²) in [4.78, 5) is 10.00. The fourth-order valence-corrected chi connectivity index (χ4v) is 1.96. The van der Waals surface area contributed by atoms with Crippen molar-refractivity contribution >= 4 is 24.2 Å². The molecule has 0 saturated carbocycles. The third-order valence-electron chi connectivity index (χ3n) is 1.42. The van der Waals surface area contributed by atoms with Crippen LogP contribution in [0.1, 0.15) is 0 Å². The first kappa shape index (κ1) is 10.8. The number of hydrogen-bond acceptors (Lipinski definition) is 3. The van der Waals surface area contributed by atoms with Gasteiger partial charge in [-0.2, -0.15) is 0 Å². The van der Waals surface area contributed by atoms with Gasteiger partial charge in [-0.25, -0.2) is 0 Å². The average Bonchev–Trinajstić information content (AvgIpc) is 2.02. The topological polar surface area (TPSA) is 113 Å². The van der Waals surface area contributed by atoms with Crippen molar-refractivity contribution in [3.8, 4) is 0 Å². The third-order valence-corrected chi connectivity index (χ3v) is 3.46. The van der Waals surface area contributed by atoms with Crippen molar-refractivity contribution < 1.29 is 17.0 Å². The summed E-state index contributed by atoms with van der Waals surface area (Å²) in [6.07, 6.45) is 0. The molecule has 76 valence electrons. The second-order valence-corrected chi connectivity index (χ2v) is 5.83. The quantitative estimate of drug-likeness (QED) is 0.360. The molecule has 1 aromatic rings. The maximum absolute atomic E-state index is 10.8. The predicted octanol–water partition coefficient (Wildman–Crippen LogP) is -1.15. The molecular formula is C6H7AsN2O5. The summed E-state index contributed by atoms with van der Waals surface area (Å²) < 4.78 is 28.2. The average molecular weight is 262 g/mol. The Balaban J connectivity index is 2.89. The minimum atomic E-state index is -4.87. The molecule has 0 unspecified atom stereocenters. The summed E-state index contributed by atoms with van der Waals surface area (Å²) in [5.41, 5.74) is 2.03. The summed E-state index contributed by atoms with van der Waals surface area (Å²) >= 11 is -4.87. The van der Waals surface area contributed by atoms with Crippen LogP contribution >= 0.6 is 0 Å². The monoisotopic (exact) mass is 262 g/mol. The number of nitrogens with zero attached hydrogens (tertiary/aromatic N) is 1. The molecule has 1 rings (SSSR count). The second kappa shape index (κ2) is 3.83. The molecule has 0 aliphatic carbocycles. The van der Waals surface area contributed by atoms with Gasteiger partial charge in [-0.3, -0.25) is 0 Å². The van der Waals surface area contributed by atoms with Crippen LogP contribution in [-0.2, 0) is 3.74 Å². The number of benzene rings is 1. The van der Waals surface area contributed by atoms with Crippen molar-refractivity contribution in [2.24, 2.45) is 0 Å². The fourth-order valence-electron chi connectivity index (χ4n) is 0.836. The van der Waals surface area contributed by atoms with Crippen molar-refractivity contribution in [3.05, 3.63) is 34.4 Å². The van der Waals surface area contributed by atoms with E-state index in [2.05, 4.69) is 0 Å². The molecule has 1 aromatic carbocycles. The molecule has 0 aromatic heterocycles. The molecule has 3 N–H and O–H groups in total. The summed E-state index contributed by atoms with van der Waals surface area (Å²) in [6.45, 7) is 0. The Morgan fingerprint density at radius 3 is 2.14 bits per heavy atom. The molecule has 8 heteroatoms. The maximum atomic E-state index is 10.8. The van der Waals surface area contributed by atoms with Crippen LogP contribution in [0.25, 0.3) is 0 Å². The van der Waals surface area contributed by atoms with E-state index in [4.69, 9.17) is 8.19 Å². The first-order valence-corrected chi connectivity index (χ1v) is 6.85. The van der Waals surface area contributed by atoms with Gasteiger partial charge < -0.3 is 0 Å². The summed E-state index contributed by atoms with van der Waals surface area (Å²) in [5, 5.41) is 9.24. The molecule has 0 spiro atoms. The van der Waals surface area contributed by atoms with E-state index >= 15 is 0 Å². The SMILES string of the molecule is O=[N+]([O-])Nc1ccc([As](=O)(O)O)cc1. The molecule has 0 fully saturated rings. The van der Waals surface area contributed by atoms with Crippen LogP contribution in [0.3, 0.4) is 0 Å². The standard InChI is InChI=1S/C6H7AsN2O5/c10-7(11,12)5-1-3-6(4-2-5)8-9(13)14/h1-4,8H,(H2,10,11,12). The number of anilines is 1.